The second-order valence-corrected chi connectivity index (χ2v) is 6.87. The summed E-state index contributed by atoms with van der Waals surface area (Å²) in [6.45, 7) is 3.47. The zero-order valence-corrected chi connectivity index (χ0v) is 16.5. The zero-order chi connectivity index (χ0) is 19.4. The van der Waals surface area contributed by atoms with Crippen LogP contribution in [0.2, 0.25) is 10.0 Å². The molecular weight excluding hydrogens is 401 g/mol. The van der Waals surface area contributed by atoms with Gasteiger partial charge in [0.25, 0.3) is 0 Å². The Morgan fingerprint density at radius 2 is 2.00 bits per heavy atom. The van der Waals surface area contributed by atoms with Crippen LogP contribution in [0.25, 0.3) is 0 Å². The summed E-state index contributed by atoms with van der Waals surface area (Å²) >= 11 is 12.8. The molecule has 0 saturated carbocycles. The van der Waals surface area contributed by atoms with Crippen LogP contribution in [0.4, 0.5) is 5.00 Å². The van der Waals surface area contributed by atoms with Gasteiger partial charge in [-0.05, 0) is 31.5 Å². The van der Waals surface area contributed by atoms with Crippen molar-refractivity contribution in [2.45, 2.75) is 13.8 Å². The number of carbonyl (C=O) groups excluding carboxylic acids is 2. The number of aromatic hydroxyl groups is 1. The van der Waals surface area contributed by atoms with E-state index in [4.69, 9.17) is 32.7 Å². The largest absolute Gasteiger partial charge is 0.506 e. The molecule has 2 aromatic rings. The zero-order valence-electron chi connectivity index (χ0n) is 14.1. The number of thiophene rings is 1. The van der Waals surface area contributed by atoms with E-state index in [1.165, 1.54) is 25.5 Å². The van der Waals surface area contributed by atoms with Gasteiger partial charge in [-0.1, -0.05) is 23.2 Å². The van der Waals surface area contributed by atoms with Crippen molar-refractivity contribution in [3.63, 3.8) is 0 Å². The Bertz CT molecular complexity index is 892. The van der Waals surface area contributed by atoms with Crippen LogP contribution < -0.4 is 0 Å². The fourth-order valence-electron chi connectivity index (χ4n) is 2.13. The highest BCUT2D eigenvalue weighted by Gasteiger charge is 2.25. The van der Waals surface area contributed by atoms with Crippen LogP contribution >= 0.6 is 34.5 Å². The Balaban J connectivity index is 2.54. The summed E-state index contributed by atoms with van der Waals surface area (Å²) in [5.41, 5.74) is 0.852. The summed E-state index contributed by atoms with van der Waals surface area (Å²) in [6, 6.07) is 2.86. The first-order valence-corrected chi connectivity index (χ1v) is 8.98. The van der Waals surface area contributed by atoms with Crippen LogP contribution in [0.3, 0.4) is 0 Å². The monoisotopic (exact) mass is 415 g/mol. The van der Waals surface area contributed by atoms with E-state index >= 15 is 0 Å². The minimum absolute atomic E-state index is 0.0715. The van der Waals surface area contributed by atoms with Gasteiger partial charge in [0.05, 0.1) is 18.7 Å². The van der Waals surface area contributed by atoms with Crippen LogP contribution in [-0.2, 0) is 9.47 Å². The van der Waals surface area contributed by atoms with E-state index < -0.39 is 11.9 Å². The summed E-state index contributed by atoms with van der Waals surface area (Å²) < 4.78 is 9.77. The van der Waals surface area contributed by atoms with Gasteiger partial charge in [-0.15, -0.1) is 11.3 Å². The predicted molar refractivity (Wildman–Crippen MR) is 102 cm³/mol. The molecule has 0 fully saturated rings. The minimum Gasteiger partial charge on any atom is -0.506 e. The van der Waals surface area contributed by atoms with Gasteiger partial charge in [0, 0.05) is 16.8 Å². The lowest BCUT2D eigenvalue weighted by Gasteiger charge is -2.04. The lowest BCUT2D eigenvalue weighted by molar-refractivity contribution is 0.0527. The van der Waals surface area contributed by atoms with E-state index in [2.05, 4.69) is 4.99 Å². The maximum atomic E-state index is 12.3. The van der Waals surface area contributed by atoms with E-state index in [1.54, 1.807) is 13.8 Å². The van der Waals surface area contributed by atoms with E-state index in [0.717, 1.165) is 11.3 Å². The molecule has 6 nitrogen and oxygen atoms in total. The van der Waals surface area contributed by atoms with Crippen LogP contribution in [0.1, 0.15) is 38.1 Å². The summed E-state index contributed by atoms with van der Waals surface area (Å²) in [5.74, 6) is -1.37. The van der Waals surface area contributed by atoms with Gasteiger partial charge >= 0.3 is 11.9 Å². The normalized spacial score (nSPS) is 11.0. The molecule has 9 heteroatoms. The molecule has 0 atom stereocenters. The molecule has 1 N–H and O–H groups in total. The van der Waals surface area contributed by atoms with Crippen molar-refractivity contribution in [3.8, 4) is 5.75 Å². The Kier molecular flexibility index (Phi) is 6.63. The lowest BCUT2D eigenvalue weighted by atomic mass is 10.1. The van der Waals surface area contributed by atoms with Crippen molar-refractivity contribution < 1.29 is 24.2 Å². The molecule has 1 heterocycles. The first kappa shape index (κ1) is 20.2. The number of esters is 2. The fourth-order valence-corrected chi connectivity index (χ4v) is 3.70. The summed E-state index contributed by atoms with van der Waals surface area (Å²) in [4.78, 5) is 28.6. The van der Waals surface area contributed by atoms with Gasteiger partial charge in [-0.3, -0.25) is 0 Å². The molecule has 2 rings (SSSR count). The number of carbonyl (C=O) groups is 2. The summed E-state index contributed by atoms with van der Waals surface area (Å²) in [5, 5.41) is 10.6. The quantitative estimate of drug-likeness (QED) is 0.560. The van der Waals surface area contributed by atoms with E-state index in [-0.39, 0.29) is 38.4 Å². The van der Waals surface area contributed by atoms with Gasteiger partial charge in [-0.25, -0.2) is 14.6 Å². The third-order valence-electron chi connectivity index (χ3n) is 3.36. The maximum absolute atomic E-state index is 12.3. The standard InChI is InChI=1S/C17H15Cl2NO5S/c1-4-25-16(22)12-8(2)14(17(23)24-3)26-15(12)20-7-9-5-10(18)6-11(19)13(9)21/h5-7,21H,4H2,1-3H3/b20-7+. The Hall–Kier alpha value is -2.09. The highest BCUT2D eigenvalue weighted by molar-refractivity contribution is 7.18. The van der Waals surface area contributed by atoms with Crippen LogP contribution in [0.15, 0.2) is 17.1 Å². The summed E-state index contributed by atoms with van der Waals surface area (Å²) in [7, 11) is 1.25. The number of ether oxygens (including phenoxy) is 2. The number of hydrogen-bond donors (Lipinski definition) is 1. The van der Waals surface area contributed by atoms with Crippen molar-refractivity contribution in [3.05, 3.63) is 43.7 Å². The molecule has 0 radical (unpaired) electrons. The number of phenols is 1. The highest BCUT2D eigenvalue weighted by atomic mass is 35.5. The predicted octanol–water partition coefficient (Wildman–Crippen LogP) is 4.78. The molecule has 0 aliphatic rings. The van der Waals surface area contributed by atoms with Crippen LogP contribution in [0, 0.1) is 6.92 Å². The van der Waals surface area contributed by atoms with Crippen molar-refractivity contribution >= 4 is 57.7 Å². The van der Waals surface area contributed by atoms with E-state index in [9.17, 15) is 14.7 Å². The fraction of sp³-hybridized carbons (Fsp3) is 0.235. The Morgan fingerprint density at radius 3 is 2.62 bits per heavy atom. The van der Waals surface area contributed by atoms with Gasteiger partial charge in [-0.2, -0.15) is 0 Å². The number of phenolic OH excluding ortho intramolecular Hbond substituents is 1. The van der Waals surface area contributed by atoms with E-state index in [0.29, 0.717) is 10.6 Å². The molecule has 0 aliphatic heterocycles. The smallest absolute Gasteiger partial charge is 0.348 e. The van der Waals surface area contributed by atoms with Crippen molar-refractivity contribution in [2.75, 3.05) is 13.7 Å². The number of hydrogen-bond acceptors (Lipinski definition) is 7. The molecular formula is C17H15Cl2NO5S. The number of halogens is 2. The van der Waals surface area contributed by atoms with Crippen LogP contribution in [-0.4, -0.2) is 37.0 Å². The number of benzene rings is 1. The number of aliphatic imine (C=N–C) groups is 1. The Labute approximate surface area is 164 Å². The van der Waals surface area contributed by atoms with Gasteiger partial charge < -0.3 is 14.6 Å². The van der Waals surface area contributed by atoms with Crippen LogP contribution in [0.5, 0.6) is 5.75 Å². The Morgan fingerprint density at radius 1 is 1.31 bits per heavy atom. The molecule has 1 aromatic carbocycles. The first-order valence-electron chi connectivity index (χ1n) is 7.41. The minimum atomic E-state index is -0.600. The molecule has 138 valence electrons. The summed E-state index contributed by atoms with van der Waals surface area (Å²) in [6.07, 6.45) is 1.31. The van der Waals surface area contributed by atoms with Gasteiger partial charge in [0.15, 0.2) is 0 Å². The molecule has 0 spiro atoms. The van der Waals surface area contributed by atoms with Crippen molar-refractivity contribution in [1.29, 1.82) is 0 Å². The van der Waals surface area contributed by atoms with Gasteiger partial charge in [0.2, 0.25) is 0 Å². The average Bonchev–Trinajstić information content (AvgIpc) is 2.92. The third kappa shape index (κ3) is 4.17. The highest BCUT2D eigenvalue weighted by Crippen LogP contribution is 2.37. The molecule has 26 heavy (non-hydrogen) atoms. The van der Waals surface area contributed by atoms with E-state index in [1.807, 2.05) is 0 Å². The molecule has 0 unspecified atom stereocenters. The number of rotatable bonds is 5. The second kappa shape index (κ2) is 8.53. The molecule has 0 aliphatic carbocycles. The van der Waals surface area contributed by atoms with Crippen molar-refractivity contribution in [1.82, 2.24) is 0 Å². The molecule has 1 aromatic heterocycles. The van der Waals surface area contributed by atoms with Crippen molar-refractivity contribution in [2.24, 2.45) is 4.99 Å². The molecule has 0 saturated heterocycles. The number of nitrogens with zero attached hydrogens (tertiary/aromatic N) is 1. The second-order valence-electron chi connectivity index (χ2n) is 5.03. The topological polar surface area (TPSA) is 85.2 Å². The first-order chi connectivity index (χ1) is 12.3. The maximum Gasteiger partial charge on any atom is 0.348 e. The molecule has 0 amide bonds. The lowest BCUT2D eigenvalue weighted by Crippen LogP contribution is -2.07. The average molecular weight is 416 g/mol. The number of methoxy groups -OCH3 is 1. The SMILES string of the molecule is CCOC(=O)c1c(/N=C/c2cc(Cl)cc(Cl)c2O)sc(C(=O)OC)c1C. The molecule has 0 bridgehead atoms. The third-order valence-corrected chi connectivity index (χ3v) is 5.04. The van der Waals surface area contributed by atoms with Gasteiger partial charge in [0.1, 0.15) is 21.2 Å².